The lowest BCUT2D eigenvalue weighted by molar-refractivity contribution is 0.200. The molecule has 2 rings (SSSR count). The summed E-state index contributed by atoms with van der Waals surface area (Å²) in [5, 5.41) is 3.54. The summed E-state index contributed by atoms with van der Waals surface area (Å²) in [4.78, 5) is 4.98. The maximum absolute atomic E-state index is 3.54. The minimum atomic E-state index is 0.534. The van der Waals surface area contributed by atoms with Crippen molar-refractivity contribution in [2.45, 2.75) is 51.9 Å². The zero-order valence-corrected chi connectivity index (χ0v) is 14.1. The average Bonchev–Trinajstić information content (AvgIpc) is 2.84. The Labute approximate surface area is 130 Å². The molecule has 1 aliphatic heterocycles. The molecule has 0 bridgehead atoms. The second kappa shape index (κ2) is 7.92. The molecule has 1 unspecified atom stereocenters. The van der Waals surface area contributed by atoms with E-state index in [1.165, 1.54) is 37.1 Å². The van der Waals surface area contributed by atoms with Crippen LogP contribution in [0, 0.1) is 0 Å². The predicted octanol–water partition coefficient (Wildman–Crippen LogP) is 2.71. The number of likely N-dealkylation sites (N-methyl/N-ethyl adjacent to an activating group) is 1. The van der Waals surface area contributed by atoms with Gasteiger partial charge >= 0.3 is 0 Å². The van der Waals surface area contributed by atoms with E-state index in [0.29, 0.717) is 12.1 Å². The third kappa shape index (κ3) is 5.10. The zero-order valence-electron chi connectivity index (χ0n) is 14.1. The van der Waals surface area contributed by atoms with E-state index in [1.807, 2.05) is 0 Å². The molecule has 0 aliphatic carbocycles. The van der Waals surface area contributed by atoms with Crippen molar-refractivity contribution in [3.05, 3.63) is 35.4 Å². The van der Waals surface area contributed by atoms with E-state index in [4.69, 9.17) is 0 Å². The van der Waals surface area contributed by atoms with Gasteiger partial charge in [-0.3, -0.25) is 4.90 Å². The van der Waals surface area contributed by atoms with E-state index in [-0.39, 0.29) is 0 Å². The van der Waals surface area contributed by atoms with Gasteiger partial charge in [0.1, 0.15) is 0 Å². The number of nitrogens with zero attached hydrogens (tertiary/aromatic N) is 2. The van der Waals surface area contributed by atoms with Crippen LogP contribution in [0.4, 0.5) is 0 Å². The van der Waals surface area contributed by atoms with Crippen LogP contribution in [0.25, 0.3) is 0 Å². The normalized spacial score (nSPS) is 19.8. The Morgan fingerprint density at radius 1 is 1.24 bits per heavy atom. The van der Waals surface area contributed by atoms with Crippen LogP contribution in [0.15, 0.2) is 24.3 Å². The number of nitrogens with one attached hydrogen (secondary N) is 1. The standard InChI is InChI=1S/C18H31N3/c1-15(2)19-12-16-8-5-6-9-17(16)13-21-11-7-10-18(21)14-20(3)4/h5-6,8-9,15,18-19H,7,10-14H2,1-4H3. The molecular weight excluding hydrogens is 258 g/mol. The van der Waals surface area contributed by atoms with Gasteiger partial charge in [0.15, 0.2) is 0 Å². The van der Waals surface area contributed by atoms with E-state index in [2.05, 4.69) is 67.3 Å². The van der Waals surface area contributed by atoms with Crippen LogP contribution in [-0.4, -0.2) is 49.1 Å². The lowest BCUT2D eigenvalue weighted by Gasteiger charge is -2.28. The summed E-state index contributed by atoms with van der Waals surface area (Å²) in [6.07, 6.45) is 2.68. The highest BCUT2D eigenvalue weighted by Crippen LogP contribution is 2.22. The highest BCUT2D eigenvalue weighted by atomic mass is 15.2. The largest absolute Gasteiger partial charge is 0.310 e. The Balaban J connectivity index is 2.01. The van der Waals surface area contributed by atoms with Crippen LogP contribution in [0.1, 0.15) is 37.8 Å². The molecule has 0 radical (unpaired) electrons. The molecule has 3 heteroatoms. The quantitative estimate of drug-likeness (QED) is 0.832. The third-order valence-corrected chi connectivity index (χ3v) is 4.27. The molecule has 21 heavy (non-hydrogen) atoms. The van der Waals surface area contributed by atoms with Crippen molar-refractivity contribution in [2.24, 2.45) is 0 Å². The molecule has 1 atom stereocenters. The molecule has 0 spiro atoms. The van der Waals surface area contributed by atoms with Gasteiger partial charge in [0.25, 0.3) is 0 Å². The van der Waals surface area contributed by atoms with Crippen LogP contribution in [-0.2, 0) is 13.1 Å². The molecule has 0 amide bonds. The SMILES string of the molecule is CC(C)NCc1ccccc1CN1CCCC1CN(C)C. The van der Waals surface area contributed by atoms with Crippen molar-refractivity contribution in [3.63, 3.8) is 0 Å². The van der Waals surface area contributed by atoms with Crippen molar-refractivity contribution in [2.75, 3.05) is 27.2 Å². The van der Waals surface area contributed by atoms with E-state index in [0.717, 1.165) is 13.1 Å². The minimum absolute atomic E-state index is 0.534. The molecule has 1 saturated heterocycles. The molecule has 1 fully saturated rings. The summed E-state index contributed by atoms with van der Waals surface area (Å²) < 4.78 is 0. The van der Waals surface area contributed by atoms with Gasteiger partial charge < -0.3 is 10.2 Å². The Kier molecular flexibility index (Phi) is 6.22. The number of benzene rings is 1. The Morgan fingerprint density at radius 2 is 1.95 bits per heavy atom. The van der Waals surface area contributed by atoms with Gasteiger partial charge in [-0.25, -0.2) is 0 Å². The number of hydrogen-bond acceptors (Lipinski definition) is 3. The van der Waals surface area contributed by atoms with Gasteiger partial charge in [0.2, 0.25) is 0 Å². The first kappa shape index (κ1) is 16.5. The first-order chi connectivity index (χ1) is 10.1. The lowest BCUT2D eigenvalue weighted by atomic mass is 10.1. The first-order valence-corrected chi connectivity index (χ1v) is 8.25. The van der Waals surface area contributed by atoms with E-state index < -0.39 is 0 Å². The number of rotatable bonds is 7. The average molecular weight is 289 g/mol. The molecule has 3 nitrogen and oxygen atoms in total. The topological polar surface area (TPSA) is 18.5 Å². The summed E-state index contributed by atoms with van der Waals surface area (Å²) in [6.45, 7) is 8.89. The Hall–Kier alpha value is -0.900. The van der Waals surface area contributed by atoms with Gasteiger partial charge in [-0.05, 0) is 44.6 Å². The third-order valence-electron chi connectivity index (χ3n) is 4.27. The van der Waals surface area contributed by atoms with Crippen LogP contribution in [0.2, 0.25) is 0 Å². The van der Waals surface area contributed by atoms with Crippen LogP contribution in [0.3, 0.4) is 0 Å². The molecule has 1 aliphatic rings. The molecule has 1 N–H and O–H groups in total. The van der Waals surface area contributed by atoms with Crippen molar-refractivity contribution in [1.29, 1.82) is 0 Å². The smallest absolute Gasteiger partial charge is 0.0240 e. The van der Waals surface area contributed by atoms with Crippen molar-refractivity contribution >= 4 is 0 Å². The number of hydrogen-bond donors (Lipinski definition) is 1. The maximum atomic E-state index is 3.54. The zero-order chi connectivity index (χ0) is 15.2. The van der Waals surface area contributed by atoms with Gasteiger partial charge in [-0.2, -0.15) is 0 Å². The van der Waals surface area contributed by atoms with E-state index in [1.54, 1.807) is 0 Å². The second-order valence-corrected chi connectivity index (χ2v) is 6.83. The molecule has 118 valence electrons. The minimum Gasteiger partial charge on any atom is -0.310 e. The van der Waals surface area contributed by atoms with Crippen LogP contribution in [0.5, 0.6) is 0 Å². The summed E-state index contributed by atoms with van der Waals surface area (Å²) in [7, 11) is 4.36. The fourth-order valence-electron chi connectivity index (χ4n) is 3.15. The maximum Gasteiger partial charge on any atom is 0.0240 e. The molecule has 1 aromatic rings. The van der Waals surface area contributed by atoms with Gasteiger partial charge in [0, 0.05) is 31.7 Å². The van der Waals surface area contributed by atoms with Crippen molar-refractivity contribution in [1.82, 2.24) is 15.1 Å². The van der Waals surface area contributed by atoms with Crippen molar-refractivity contribution in [3.8, 4) is 0 Å². The van der Waals surface area contributed by atoms with Crippen molar-refractivity contribution < 1.29 is 0 Å². The van der Waals surface area contributed by atoms with Crippen LogP contribution < -0.4 is 5.32 Å². The molecule has 0 saturated carbocycles. The second-order valence-electron chi connectivity index (χ2n) is 6.83. The molecular formula is C18H31N3. The van der Waals surface area contributed by atoms with Gasteiger partial charge in [0.05, 0.1) is 0 Å². The summed E-state index contributed by atoms with van der Waals surface area (Å²) in [5.41, 5.74) is 2.93. The lowest BCUT2D eigenvalue weighted by Crippen LogP contribution is -2.37. The molecule has 1 heterocycles. The summed E-state index contributed by atoms with van der Waals surface area (Å²) in [6, 6.07) is 10.1. The monoisotopic (exact) mass is 289 g/mol. The van der Waals surface area contributed by atoms with E-state index in [9.17, 15) is 0 Å². The summed E-state index contributed by atoms with van der Waals surface area (Å²) in [5.74, 6) is 0. The predicted molar refractivity (Wildman–Crippen MR) is 90.4 cm³/mol. The fourth-order valence-corrected chi connectivity index (χ4v) is 3.15. The Bertz CT molecular complexity index is 428. The highest BCUT2D eigenvalue weighted by Gasteiger charge is 2.25. The molecule has 0 aromatic heterocycles. The fraction of sp³-hybridized carbons (Fsp3) is 0.667. The van der Waals surface area contributed by atoms with Crippen LogP contribution >= 0.6 is 0 Å². The van der Waals surface area contributed by atoms with E-state index >= 15 is 0 Å². The summed E-state index contributed by atoms with van der Waals surface area (Å²) >= 11 is 0. The van der Waals surface area contributed by atoms with Gasteiger partial charge in [-0.1, -0.05) is 38.1 Å². The molecule has 1 aromatic carbocycles. The highest BCUT2D eigenvalue weighted by molar-refractivity contribution is 5.27. The Morgan fingerprint density at radius 3 is 2.62 bits per heavy atom. The first-order valence-electron chi connectivity index (χ1n) is 8.25. The van der Waals surface area contributed by atoms with Gasteiger partial charge in [-0.15, -0.1) is 0 Å². The number of likely N-dealkylation sites (tertiary alicyclic amines) is 1.